The summed E-state index contributed by atoms with van der Waals surface area (Å²) in [6.07, 6.45) is 8.70. The highest BCUT2D eigenvalue weighted by Crippen LogP contribution is 2.34. The minimum Gasteiger partial charge on any atom is -0.461 e. The van der Waals surface area contributed by atoms with Crippen molar-refractivity contribution < 1.29 is 9.53 Å². The van der Waals surface area contributed by atoms with Crippen molar-refractivity contribution in [1.82, 2.24) is 15.0 Å². The molecule has 0 bridgehead atoms. The molecule has 22 heavy (non-hydrogen) atoms. The molecule has 1 N–H and O–H groups in total. The summed E-state index contributed by atoms with van der Waals surface area (Å²) in [4.78, 5) is 23.5. The Labute approximate surface area is 128 Å². The van der Waals surface area contributed by atoms with Gasteiger partial charge in [0.2, 0.25) is 0 Å². The molecule has 0 fully saturated rings. The summed E-state index contributed by atoms with van der Waals surface area (Å²) in [5.41, 5.74) is 3.87. The van der Waals surface area contributed by atoms with E-state index in [4.69, 9.17) is 4.74 Å². The topological polar surface area (TPSA) is 67.9 Å². The Bertz CT molecular complexity index is 767. The van der Waals surface area contributed by atoms with Crippen LogP contribution in [0.25, 0.3) is 22.3 Å². The molecule has 0 saturated heterocycles. The van der Waals surface area contributed by atoms with E-state index < -0.39 is 0 Å². The largest absolute Gasteiger partial charge is 0.461 e. The highest BCUT2D eigenvalue weighted by molar-refractivity contribution is 6.00. The fourth-order valence-electron chi connectivity index (χ4n) is 2.35. The second-order valence-electron chi connectivity index (χ2n) is 4.66. The maximum absolute atomic E-state index is 12.2. The molecule has 5 heteroatoms. The minimum absolute atomic E-state index is 0.326. The van der Waals surface area contributed by atoms with Crippen molar-refractivity contribution in [3.63, 3.8) is 0 Å². The molecular weight excluding hydrogens is 278 g/mol. The van der Waals surface area contributed by atoms with Gasteiger partial charge in [-0.05, 0) is 19.1 Å². The van der Waals surface area contributed by atoms with Gasteiger partial charge in [0.15, 0.2) is 0 Å². The molecule has 0 aliphatic carbocycles. The predicted molar refractivity (Wildman–Crippen MR) is 83.2 cm³/mol. The summed E-state index contributed by atoms with van der Waals surface area (Å²) >= 11 is 0. The molecule has 0 radical (unpaired) electrons. The van der Waals surface area contributed by atoms with Crippen molar-refractivity contribution in [2.45, 2.75) is 6.92 Å². The number of pyridine rings is 2. The SMILES string of the molecule is CCOC(=O)c1[nH]cc(-c2cccnc2)c1-c1cccnc1. The monoisotopic (exact) mass is 293 g/mol. The highest BCUT2D eigenvalue weighted by atomic mass is 16.5. The summed E-state index contributed by atoms with van der Waals surface area (Å²) in [7, 11) is 0. The van der Waals surface area contributed by atoms with Crippen LogP contribution in [0.5, 0.6) is 0 Å². The second-order valence-corrected chi connectivity index (χ2v) is 4.66. The molecule has 0 spiro atoms. The number of ether oxygens (including phenoxy) is 1. The van der Waals surface area contributed by atoms with Gasteiger partial charge in [0.05, 0.1) is 6.61 Å². The van der Waals surface area contributed by atoms with Crippen LogP contribution in [0, 0.1) is 0 Å². The van der Waals surface area contributed by atoms with E-state index in [1.807, 2.05) is 24.3 Å². The fraction of sp³-hybridized carbons (Fsp3) is 0.118. The Hall–Kier alpha value is -2.95. The van der Waals surface area contributed by atoms with E-state index >= 15 is 0 Å². The average molecular weight is 293 g/mol. The third-order valence-corrected chi connectivity index (χ3v) is 3.28. The third-order valence-electron chi connectivity index (χ3n) is 3.28. The van der Waals surface area contributed by atoms with Crippen LogP contribution >= 0.6 is 0 Å². The van der Waals surface area contributed by atoms with E-state index in [2.05, 4.69) is 15.0 Å². The fourth-order valence-corrected chi connectivity index (χ4v) is 2.35. The first-order valence-corrected chi connectivity index (χ1v) is 7.00. The Morgan fingerprint density at radius 2 is 1.82 bits per heavy atom. The summed E-state index contributed by atoms with van der Waals surface area (Å²) in [6, 6.07) is 7.56. The van der Waals surface area contributed by atoms with Gasteiger partial charge in [0, 0.05) is 53.2 Å². The maximum Gasteiger partial charge on any atom is 0.355 e. The maximum atomic E-state index is 12.2. The van der Waals surface area contributed by atoms with E-state index in [9.17, 15) is 4.79 Å². The van der Waals surface area contributed by atoms with Crippen molar-refractivity contribution in [2.75, 3.05) is 6.61 Å². The molecule has 3 aromatic rings. The number of hydrogen-bond donors (Lipinski definition) is 1. The average Bonchev–Trinajstić information content (AvgIpc) is 3.02. The Balaban J connectivity index is 2.18. The number of nitrogens with one attached hydrogen (secondary N) is 1. The number of esters is 1. The zero-order valence-corrected chi connectivity index (χ0v) is 12.1. The van der Waals surface area contributed by atoms with Crippen LogP contribution in [0.4, 0.5) is 0 Å². The van der Waals surface area contributed by atoms with Crippen LogP contribution in [-0.2, 0) is 4.74 Å². The molecule has 0 saturated carbocycles. The number of nitrogens with zero attached hydrogens (tertiary/aromatic N) is 2. The van der Waals surface area contributed by atoms with Crippen LogP contribution in [0.3, 0.4) is 0 Å². The van der Waals surface area contributed by atoms with E-state index in [-0.39, 0.29) is 5.97 Å². The Kier molecular flexibility index (Phi) is 3.96. The third kappa shape index (κ3) is 2.61. The van der Waals surface area contributed by atoms with Crippen molar-refractivity contribution in [3.8, 4) is 22.3 Å². The van der Waals surface area contributed by atoms with Gasteiger partial charge >= 0.3 is 5.97 Å². The van der Waals surface area contributed by atoms with Crippen LogP contribution in [0.1, 0.15) is 17.4 Å². The van der Waals surface area contributed by atoms with Gasteiger partial charge in [-0.25, -0.2) is 4.79 Å². The minimum atomic E-state index is -0.378. The van der Waals surface area contributed by atoms with E-state index in [0.29, 0.717) is 12.3 Å². The lowest BCUT2D eigenvalue weighted by atomic mass is 9.99. The number of aromatic nitrogens is 3. The standard InChI is InChI=1S/C17H15N3O2/c1-2-22-17(21)16-15(13-6-4-8-19-10-13)14(11-20-16)12-5-3-7-18-9-12/h3-11,20H,2H2,1H3. The molecule has 3 heterocycles. The smallest absolute Gasteiger partial charge is 0.355 e. The second kappa shape index (κ2) is 6.22. The van der Waals surface area contributed by atoms with Crippen LogP contribution in [0.2, 0.25) is 0 Å². The molecule has 0 aliphatic rings. The van der Waals surface area contributed by atoms with Crippen LogP contribution < -0.4 is 0 Å². The zero-order valence-electron chi connectivity index (χ0n) is 12.1. The van der Waals surface area contributed by atoms with E-state index in [0.717, 1.165) is 22.3 Å². The van der Waals surface area contributed by atoms with Gasteiger partial charge in [-0.15, -0.1) is 0 Å². The molecule has 3 rings (SSSR count). The summed E-state index contributed by atoms with van der Waals surface area (Å²) in [6.45, 7) is 2.11. The lowest BCUT2D eigenvalue weighted by Gasteiger charge is -2.07. The Morgan fingerprint density at radius 3 is 2.41 bits per heavy atom. The van der Waals surface area contributed by atoms with Crippen molar-refractivity contribution in [3.05, 3.63) is 60.9 Å². The number of carbonyl (C=O) groups is 1. The van der Waals surface area contributed by atoms with E-state index in [1.54, 1.807) is 37.9 Å². The molecule has 0 aliphatic heterocycles. The number of carbonyl (C=O) groups excluding carboxylic acids is 1. The first-order chi connectivity index (χ1) is 10.8. The Morgan fingerprint density at radius 1 is 1.14 bits per heavy atom. The normalized spacial score (nSPS) is 10.4. The van der Waals surface area contributed by atoms with Gasteiger partial charge in [-0.2, -0.15) is 0 Å². The summed E-state index contributed by atoms with van der Waals surface area (Å²) in [5.74, 6) is -0.378. The molecule has 110 valence electrons. The molecule has 3 aromatic heterocycles. The molecule has 5 nitrogen and oxygen atoms in total. The molecule has 0 amide bonds. The first kappa shape index (κ1) is 14.0. The van der Waals surface area contributed by atoms with Crippen molar-refractivity contribution >= 4 is 5.97 Å². The van der Waals surface area contributed by atoms with Crippen molar-refractivity contribution in [1.29, 1.82) is 0 Å². The van der Waals surface area contributed by atoms with Gasteiger partial charge in [-0.1, -0.05) is 12.1 Å². The first-order valence-electron chi connectivity index (χ1n) is 7.00. The summed E-state index contributed by atoms with van der Waals surface area (Å²) < 4.78 is 5.13. The number of rotatable bonds is 4. The van der Waals surface area contributed by atoms with Gasteiger partial charge < -0.3 is 9.72 Å². The number of H-pyrrole nitrogens is 1. The lowest BCUT2D eigenvalue weighted by molar-refractivity contribution is 0.0521. The summed E-state index contributed by atoms with van der Waals surface area (Å²) in [5, 5.41) is 0. The van der Waals surface area contributed by atoms with Gasteiger partial charge in [0.1, 0.15) is 5.69 Å². The zero-order chi connectivity index (χ0) is 15.4. The number of hydrogen-bond acceptors (Lipinski definition) is 4. The molecule has 0 atom stereocenters. The van der Waals surface area contributed by atoms with E-state index in [1.165, 1.54) is 0 Å². The van der Waals surface area contributed by atoms with Gasteiger partial charge in [0.25, 0.3) is 0 Å². The van der Waals surface area contributed by atoms with Crippen LogP contribution in [-0.4, -0.2) is 27.5 Å². The molecule has 0 aromatic carbocycles. The molecular formula is C17H15N3O2. The van der Waals surface area contributed by atoms with Gasteiger partial charge in [-0.3, -0.25) is 9.97 Å². The number of aromatic amines is 1. The predicted octanol–water partition coefficient (Wildman–Crippen LogP) is 3.32. The lowest BCUT2D eigenvalue weighted by Crippen LogP contribution is -2.06. The van der Waals surface area contributed by atoms with Crippen LogP contribution in [0.15, 0.2) is 55.2 Å². The highest BCUT2D eigenvalue weighted by Gasteiger charge is 2.21. The molecule has 0 unspecified atom stereocenters. The quantitative estimate of drug-likeness (QED) is 0.749. The van der Waals surface area contributed by atoms with Crippen molar-refractivity contribution in [2.24, 2.45) is 0 Å².